The number of benzene rings is 1. The number of thiocarbonyl (C=S) groups is 1. The van der Waals surface area contributed by atoms with Crippen molar-refractivity contribution < 1.29 is 19.1 Å². The molecule has 1 unspecified atom stereocenters. The van der Waals surface area contributed by atoms with Crippen LogP contribution in [0.4, 0.5) is 0 Å². The molecule has 6 nitrogen and oxygen atoms in total. The van der Waals surface area contributed by atoms with Gasteiger partial charge in [0.05, 0.1) is 10.0 Å². The summed E-state index contributed by atoms with van der Waals surface area (Å²) in [5, 5.41) is 12.9. The van der Waals surface area contributed by atoms with E-state index >= 15 is 0 Å². The van der Waals surface area contributed by atoms with Crippen LogP contribution in [-0.2, 0) is 9.59 Å². The van der Waals surface area contributed by atoms with Crippen LogP contribution in [0.2, 0.25) is 10.0 Å². The number of carbonyl (C=O) groups excluding carboxylic acids is 1. The lowest BCUT2D eigenvalue weighted by atomic mass is 10.2. The maximum atomic E-state index is 12.6. The molecule has 0 spiro atoms. The first-order chi connectivity index (χ1) is 12.8. The highest BCUT2D eigenvalue weighted by Crippen LogP contribution is 2.30. The molecule has 3 rings (SSSR count). The second kappa shape index (κ2) is 7.72. The summed E-state index contributed by atoms with van der Waals surface area (Å²) in [5.41, 5.74) is 0.878. The number of carboxylic acids is 1. The summed E-state index contributed by atoms with van der Waals surface area (Å²) in [4.78, 5) is 25.0. The minimum absolute atomic E-state index is 0.0526. The normalized spacial score (nSPS) is 16.7. The van der Waals surface area contributed by atoms with Gasteiger partial charge in [-0.25, -0.2) is 4.79 Å². The van der Waals surface area contributed by atoms with Crippen LogP contribution in [0.25, 0.3) is 17.4 Å². The number of nitrogens with one attached hydrogen (secondary N) is 1. The zero-order chi connectivity index (χ0) is 19.7. The van der Waals surface area contributed by atoms with Crippen LogP contribution in [0.5, 0.6) is 0 Å². The lowest BCUT2D eigenvalue weighted by molar-refractivity contribution is -0.145. The number of hydrogen-bond donors (Lipinski definition) is 2. The number of halogens is 2. The molecule has 0 saturated carbocycles. The van der Waals surface area contributed by atoms with Gasteiger partial charge in [0.25, 0.3) is 5.91 Å². The lowest BCUT2D eigenvalue weighted by Crippen LogP contribution is -2.44. The molecular weight excluding hydrogens is 411 g/mol. The second-order valence-corrected chi connectivity index (χ2v) is 6.96. The summed E-state index contributed by atoms with van der Waals surface area (Å²) in [6.07, 6.45) is 1.71. The number of rotatable bonds is 5. The van der Waals surface area contributed by atoms with E-state index in [9.17, 15) is 14.7 Å². The summed E-state index contributed by atoms with van der Waals surface area (Å²) < 4.78 is 5.73. The van der Waals surface area contributed by atoms with Gasteiger partial charge < -0.3 is 14.8 Å². The van der Waals surface area contributed by atoms with Crippen LogP contribution < -0.4 is 5.32 Å². The number of hydrogen-bond acceptors (Lipinski definition) is 4. The van der Waals surface area contributed by atoms with Crippen molar-refractivity contribution in [2.24, 2.45) is 0 Å². The third-order valence-corrected chi connectivity index (χ3v) is 5.05. The molecule has 1 amide bonds. The van der Waals surface area contributed by atoms with Gasteiger partial charge in [-0.1, -0.05) is 30.1 Å². The predicted molar refractivity (Wildman–Crippen MR) is 106 cm³/mol. The second-order valence-electron chi connectivity index (χ2n) is 5.76. The molecule has 1 saturated heterocycles. The van der Waals surface area contributed by atoms with Crippen LogP contribution in [0, 0.1) is 0 Å². The molecule has 1 fully saturated rings. The number of furan rings is 1. The Balaban J connectivity index is 1.86. The number of carbonyl (C=O) groups is 2. The fourth-order valence-corrected chi connectivity index (χ4v) is 3.29. The van der Waals surface area contributed by atoms with Crippen LogP contribution in [0.15, 0.2) is 40.4 Å². The van der Waals surface area contributed by atoms with Crippen molar-refractivity contribution in [2.75, 3.05) is 0 Å². The molecule has 9 heteroatoms. The average molecular weight is 425 g/mol. The Morgan fingerprint density at radius 3 is 2.70 bits per heavy atom. The molecule has 1 aromatic heterocycles. The summed E-state index contributed by atoms with van der Waals surface area (Å²) >= 11 is 17.0. The molecular formula is C18H14Cl2N2O4S. The maximum absolute atomic E-state index is 12.6. The molecule has 1 atom stereocenters. The zero-order valence-corrected chi connectivity index (χ0v) is 16.4. The molecule has 27 heavy (non-hydrogen) atoms. The Labute approximate surface area is 170 Å². The van der Waals surface area contributed by atoms with Gasteiger partial charge in [-0.15, -0.1) is 0 Å². The van der Waals surface area contributed by atoms with Gasteiger partial charge in [-0.3, -0.25) is 9.69 Å². The first kappa shape index (κ1) is 19.4. The maximum Gasteiger partial charge on any atom is 0.326 e. The third-order valence-electron chi connectivity index (χ3n) is 4.01. The van der Waals surface area contributed by atoms with Gasteiger partial charge in [-0.05, 0) is 49.0 Å². The smallest absolute Gasteiger partial charge is 0.326 e. The summed E-state index contributed by atoms with van der Waals surface area (Å²) in [6.45, 7) is 1.67. The van der Waals surface area contributed by atoms with Crippen LogP contribution in [0.3, 0.4) is 0 Å². The molecule has 0 bridgehead atoms. The van der Waals surface area contributed by atoms with Crippen LogP contribution in [0.1, 0.15) is 19.1 Å². The van der Waals surface area contributed by atoms with Crippen molar-refractivity contribution in [1.82, 2.24) is 10.2 Å². The lowest BCUT2D eigenvalue weighted by Gasteiger charge is -2.20. The molecule has 1 aliphatic heterocycles. The van der Waals surface area contributed by atoms with E-state index in [-0.39, 0.29) is 17.2 Å². The van der Waals surface area contributed by atoms with Crippen molar-refractivity contribution in [3.63, 3.8) is 0 Å². The van der Waals surface area contributed by atoms with Gasteiger partial charge in [0.2, 0.25) is 0 Å². The standard InChI is InChI=1S/C18H14Cl2N2O4S/c1-2-14(17(24)25)22-16(23)13(21-18(22)27)8-10-4-6-15(26-10)9-3-5-11(19)12(20)7-9/h3-8,14H,2H2,1H3,(H,21,27)(H,24,25)/b13-8+. The van der Waals surface area contributed by atoms with Gasteiger partial charge in [0.15, 0.2) is 5.11 Å². The van der Waals surface area contributed by atoms with Crippen molar-refractivity contribution in [1.29, 1.82) is 0 Å². The molecule has 0 aliphatic carbocycles. The zero-order valence-electron chi connectivity index (χ0n) is 14.0. The average Bonchev–Trinajstić information content (AvgIpc) is 3.18. The Kier molecular flexibility index (Phi) is 5.55. The van der Waals surface area contributed by atoms with Gasteiger partial charge in [0.1, 0.15) is 23.3 Å². The highest BCUT2D eigenvalue weighted by Gasteiger charge is 2.38. The van der Waals surface area contributed by atoms with E-state index in [1.807, 2.05) is 0 Å². The minimum atomic E-state index is -1.11. The molecule has 2 aromatic rings. The Bertz CT molecular complexity index is 970. The largest absolute Gasteiger partial charge is 0.480 e. The van der Waals surface area contributed by atoms with Crippen molar-refractivity contribution in [3.8, 4) is 11.3 Å². The molecule has 0 radical (unpaired) electrons. The predicted octanol–water partition coefficient (Wildman–Crippen LogP) is 4.17. The number of amides is 1. The highest BCUT2D eigenvalue weighted by atomic mass is 35.5. The first-order valence-corrected chi connectivity index (χ1v) is 9.12. The first-order valence-electron chi connectivity index (χ1n) is 7.96. The topological polar surface area (TPSA) is 82.8 Å². The van der Waals surface area contributed by atoms with E-state index in [1.54, 1.807) is 37.3 Å². The van der Waals surface area contributed by atoms with E-state index in [1.165, 1.54) is 6.08 Å². The molecule has 2 N–H and O–H groups in total. The molecule has 140 valence electrons. The van der Waals surface area contributed by atoms with Crippen molar-refractivity contribution in [3.05, 3.63) is 51.8 Å². The van der Waals surface area contributed by atoms with Gasteiger partial charge >= 0.3 is 5.97 Å². The van der Waals surface area contributed by atoms with Crippen molar-refractivity contribution >= 4 is 58.5 Å². The Morgan fingerprint density at radius 1 is 1.33 bits per heavy atom. The molecule has 1 aliphatic rings. The van der Waals surface area contributed by atoms with Crippen LogP contribution >= 0.6 is 35.4 Å². The number of aliphatic carboxylic acids is 1. The van der Waals surface area contributed by atoms with Crippen molar-refractivity contribution in [2.45, 2.75) is 19.4 Å². The van der Waals surface area contributed by atoms with Gasteiger partial charge in [0, 0.05) is 11.6 Å². The van der Waals surface area contributed by atoms with E-state index in [2.05, 4.69) is 5.32 Å². The third kappa shape index (κ3) is 3.85. The summed E-state index contributed by atoms with van der Waals surface area (Å²) in [5.74, 6) is -0.680. The van der Waals surface area contributed by atoms with E-state index in [0.29, 0.717) is 21.6 Å². The summed E-state index contributed by atoms with van der Waals surface area (Å²) in [6, 6.07) is 7.49. The number of nitrogens with zero attached hydrogens (tertiary/aromatic N) is 1. The molecule has 1 aromatic carbocycles. The van der Waals surface area contributed by atoms with Crippen LogP contribution in [-0.4, -0.2) is 33.0 Å². The Morgan fingerprint density at radius 2 is 2.07 bits per heavy atom. The van der Waals surface area contributed by atoms with Gasteiger partial charge in [-0.2, -0.15) is 0 Å². The molecule has 2 heterocycles. The minimum Gasteiger partial charge on any atom is -0.480 e. The quantitative estimate of drug-likeness (QED) is 0.553. The highest BCUT2D eigenvalue weighted by molar-refractivity contribution is 7.80. The fraction of sp³-hybridized carbons (Fsp3) is 0.167. The SMILES string of the molecule is CCC(C(=O)O)N1C(=O)/C(=C\c2ccc(-c3ccc(Cl)c(Cl)c3)o2)NC1=S. The van der Waals surface area contributed by atoms with E-state index < -0.39 is 17.9 Å². The number of carboxylic acid groups (broad SMARTS) is 1. The monoisotopic (exact) mass is 424 g/mol. The summed E-state index contributed by atoms with van der Waals surface area (Å²) in [7, 11) is 0. The Hall–Kier alpha value is -2.35. The van der Waals surface area contributed by atoms with E-state index in [4.69, 9.17) is 39.8 Å². The fourth-order valence-electron chi connectivity index (χ4n) is 2.68. The van der Waals surface area contributed by atoms with E-state index in [0.717, 1.165) is 10.5 Å².